The SMILES string of the molecule is Cc1cc(CN(C)C(=O)CCC(=O)O)ccn1.O=CO. The van der Waals surface area contributed by atoms with E-state index in [4.69, 9.17) is 15.0 Å². The van der Waals surface area contributed by atoms with Gasteiger partial charge in [-0.05, 0) is 24.6 Å². The van der Waals surface area contributed by atoms with Gasteiger partial charge in [-0.2, -0.15) is 0 Å². The van der Waals surface area contributed by atoms with E-state index in [1.54, 1.807) is 13.2 Å². The molecule has 1 rings (SSSR count). The van der Waals surface area contributed by atoms with Gasteiger partial charge in [0.2, 0.25) is 5.91 Å². The van der Waals surface area contributed by atoms with Gasteiger partial charge in [0.05, 0.1) is 6.42 Å². The highest BCUT2D eigenvalue weighted by atomic mass is 16.4. The number of carbonyl (C=O) groups excluding carboxylic acids is 1. The third-order valence-corrected chi connectivity index (χ3v) is 2.36. The summed E-state index contributed by atoms with van der Waals surface area (Å²) in [5.74, 6) is -1.12. The smallest absolute Gasteiger partial charge is 0.303 e. The average Bonchev–Trinajstić information content (AvgIpc) is 2.36. The van der Waals surface area contributed by atoms with Crippen LogP contribution in [0.4, 0.5) is 0 Å². The van der Waals surface area contributed by atoms with Crippen molar-refractivity contribution in [2.45, 2.75) is 26.3 Å². The molecule has 0 unspecified atom stereocenters. The van der Waals surface area contributed by atoms with Crippen LogP contribution in [0.3, 0.4) is 0 Å². The van der Waals surface area contributed by atoms with E-state index in [-0.39, 0.29) is 25.2 Å². The van der Waals surface area contributed by atoms with Gasteiger partial charge in [0.15, 0.2) is 0 Å². The maximum atomic E-state index is 11.6. The quantitative estimate of drug-likeness (QED) is 0.777. The number of carboxylic acid groups (broad SMARTS) is 2. The molecule has 1 amide bonds. The Labute approximate surface area is 116 Å². The first-order valence-corrected chi connectivity index (χ1v) is 5.85. The van der Waals surface area contributed by atoms with Crippen molar-refractivity contribution in [3.05, 3.63) is 29.6 Å². The molecular formula is C13H18N2O5. The van der Waals surface area contributed by atoms with Crippen molar-refractivity contribution >= 4 is 18.3 Å². The topological polar surface area (TPSA) is 108 Å². The number of aromatic nitrogens is 1. The molecule has 2 N–H and O–H groups in total. The molecule has 0 aromatic carbocycles. The van der Waals surface area contributed by atoms with Gasteiger partial charge in [0.25, 0.3) is 6.47 Å². The Bertz CT molecular complexity index is 462. The molecule has 0 radical (unpaired) electrons. The summed E-state index contributed by atoms with van der Waals surface area (Å²) in [5.41, 5.74) is 1.89. The normalized spacial score (nSPS) is 9.10. The van der Waals surface area contributed by atoms with E-state index in [1.807, 2.05) is 19.1 Å². The predicted octanol–water partition coefficient (Wildman–Crippen LogP) is 0.914. The third kappa shape index (κ3) is 7.80. The predicted molar refractivity (Wildman–Crippen MR) is 71.0 cm³/mol. The average molecular weight is 282 g/mol. The summed E-state index contributed by atoms with van der Waals surface area (Å²) < 4.78 is 0. The molecule has 110 valence electrons. The van der Waals surface area contributed by atoms with Crippen LogP contribution in [0.5, 0.6) is 0 Å². The Morgan fingerprint density at radius 3 is 2.50 bits per heavy atom. The van der Waals surface area contributed by atoms with Gasteiger partial charge in [-0.15, -0.1) is 0 Å². The van der Waals surface area contributed by atoms with Gasteiger partial charge in [0, 0.05) is 31.9 Å². The van der Waals surface area contributed by atoms with Gasteiger partial charge < -0.3 is 15.1 Å². The summed E-state index contributed by atoms with van der Waals surface area (Å²) in [5, 5.41) is 15.4. The maximum Gasteiger partial charge on any atom is 0.303 e. The first-order chi connectivity index (χ1) is 9.40. The number of hydrogen-bond acceptors (Lipinski definition) is 4. The number of pyridine rings is 1. The summed E-state index contributed by atoms with van der Waals surface area (Å²) in [7, 11) is 1.67. The summed E-state index contributed by atoms with van der Waals surface area (Å²) >= 11 is 0. The fourth-order valence-electron chi connectivity index (χ4n) is 1.47. The number of amides is 1. The first-order valence-electron chi connectivity index (χ1n) is 5.85. The highest BCUT2D eigenvalue weighted by Crippen LogP contribution is 2.06. The molecule has 0 aliphatic carbocycles. The van der Waals surface area contributed by atoms with E-state index in [9.17, 15) is 9.59 Å². The van der Waals surface area contributed by atoms with E-state index < -0.39 is 5.97 Å². The van der Waals surface area contributed by atoms with Crippen molar-refractivity contribution in [3.8, 4) is 0 Å². The second-order valence-electron chi connectivity index (χ2n) is 4.05. The molecule has 7 nitrogen and oxygen atoms in total. The minimum atomic E-state index is -0.952. The number of carbonyl (C=O) groups is 3. The molecule has 20 heavy (non-hydrogen) atoms. The summed E-state index contributed by atoms with van der Waals surface area (Å²) in [4.78, 5) is 35.9. The van der Waals surface area contributed by atoms with E-state index in [2.05, 4.69) is 4.98 Å². The fourth-order valence-corrected chi connectivity index (χ4v) is 1.47. The largest absolute Gasteiger partial charge is 0.483 e. The lowest BCUT2D eigenvalue weighted by molar-refractivity contribution is -0.140. The van der Waals surface area contributed by atoms with Crippen LogP contribution in [0.25, 0.3) is 0 Å². The van der Waals surface area contributed by atoms with Gasteiger partial charge in [-0.1, -0.05) is 0 Å². The number of rotatable bonds is 5. The number of hydrogen-bond donors (Lipinski definition) is 2. The summed E-state index contributed by atoms with van der Waals surface area (Å²) in [6.07, 6.45) is 1.61. The van der Waals surface area contributed by atoms with Crippen LogP contribution in [-0.4, -0.2) is 45.5 Å². The van der Waals surface area contributed by atoms with Gasteiger partial charge in [0.1, 0.15) is 0 Å². The molecular weight excluding hydrogens is 264 g/mol. The number of aryl methyl sites for hydroxylation is 1. The molecule has 0 saturated heterocycles. The lowest BCUT2D eigenvalue weighted by atomic mass is 10.2. The van der Waals surface area contributed by atoms with E-state index in [0.717, 1.165) is 11.3 Å². The lowest BCUT2D eigenvalue weighted by Crippen LogP contribution is -2.26. The van der Waals surface area contributed by atoms with Crippen molar-refractivity contribution in [3.63, 3.8) is 0 Å². The van der Waals surface area contributed by atoms with E-state index in [0.29, 0.717) is 6.54 Å². The summed E-state index contributed by atoms with van der Waals surface area (Å²) in [6, 6.07) is 3.74. The molecule has 7 heteroatoms. The second kappa shape index (κ2) is 9.48. The first kappa shape index (κ1) is 17.6. The summed E-state index contributed by atoms with van der Waals surface area (Å²) in [6.45, 7) is 2.11. The van der Waals surface area contributed by atoms with Gasteiger partial charge in [-0.3, -0.25) is 19.4 Å². The lowest BCUT2D eigenvalue weighted by Gasteiger charge is -2.16. The molecule has 0 spiro atoms. The molecule has 0 aliphatic heterocycles. The Balaban J connectivity index is 0.00000110. The Morgan fingerprint density at radius 2 is 2.00 bits per heavy atom. The van der Waals surface area contributed by atoms with Crippen molar-refractivity contribution < 1.29 is 24.6 Å². The number of aliphatic carboxylic acids is 1. The van der Waals surface area contributed by atoms with Gasteiger partial charge >= 0.3 is 5.97 Å². The highest BCUT2D eigenvalue weighted by Gasteiger charge is 2.11. The van der Waals surface area contributed by atoms with Crippen LogP contribution in [0.15, 0.2) is 18.3 Å². The minimum absolute atomic E-state index is 0.0376. The zero-order valence-corrected chi connectivity index (χ0v) is 11.4. The molecule has 0 aliphatic rings. The monoisotopic (exact) mass is 282 g/mol. The number of nitrogens with zero attached hydrogens (tertiary/aromatic N) is 2. The van der Waals surface area contributed by atoms with Crippen LogP contribution in [0, 0.1) is 6.92 Å². The Morgan fingerprint density at radius 1 is 1.40 bits per heavy atom. The van der Waals surface area contributed by atoms with Crippen molar-refractivity contribution in [1.82, 2.24) is 9.88 Å². The molecule has 0 atom stereocenters. The van der Waals surface area contributed by atoms with E-state index >= 15 is 0 Å². The van der Waals surface area contributed by atoms with Crippen LogP contribution < -0.4 is 0 Å². The highest BCUT2D eigenvalue weighted by molar-refractivity contribution is 5.80. The molecule has 0 bridgehead atoms. The van der Waals surface area contributed by atoms with Crippen LogP contribution in [0.2, 0.25) is 0 Å². The molecule has 1 aromatic heterocycles. The van der Waals surface area contributed by atoms with Crippen molar-refractivity contribution in [1.29, 1.82) is 0 Å². The zero-order chi connectivity index (χ0) is 15.5. The van der Waals surface area contributed by atoms with Crippen molar-refractivity contribution in [2.24, 2.45) is 0 Å². The Kier molecular flexibility index (Phi) is 8.33. The number of carboxylic acids is 1. The zero-order valence-electron chi connectivity index (χ0n) is 11.4. The minimum Gasteiger partial charge on any atom is -0.483 e. The standard InChI is InChI=1S/C12H16N2O3.CH2O2/c1-9-7-10(5-6-13-9)8-14(2)11(15)3-4-12(16)17;2-1-3/h5-7H,3-4,8H2,1-2H3,(H,16,17);1H,(H,2,3). The molecule has 0 saturated carbocycles. The van der Waals surface area contributed by atoms with Crippen LogP contribution in [-0.2, 0) is 20.9 Å². The Hall–Kier alpha value is -2.44. The van der Waals surface area contributed by atoms with Crippen LogP contribution >= 0.6 is 0 Å². The fraction of sp³-hybridized carbons (Fsp3) is 0.385. The molecule has 0 fully saturated rings. The van der Waals surface area contributed by atoms with Crippen LogP contribution in [0.1, 0.15) is 24.1 Å². The second-order valence-corrected chi connectivity index (χ2v) is 4.05. The maximum absolute atomic E-state index is 11.6. The van der Waals surface area contributed by atoms with E-state index in [1.165, 1.54) is 4.90 Å². The van der Waals surface area contributed by atoms with Gasteiger partial charge in [-0.25, -0.2) is 0 Å². The van der Waals surface area contributed by atoms with Crippen molar-refractivity contribution in [2.75, 3.05) is 7.05 Å². The molecule has 1 heterocycles. The third-order valence-electron chi connectivity index (χ3n) is 2.36. The molecule has 1 aromatic rings.